The Labute approximate surface area is 120 Å². The van der Waals surface area contributed by atoms with Crippen LogP contribution in [0.4, 0.5) is 0 Å². The molecule has 0 bridgehead atoms. The van der Waals surface area contributed by atoms with Gasteiger partial charge in [-0.05, 0) is 42.9 Å². The van der Waals surface area contributed by atoms with Gasteiger partial charge in [0.15, 0.2) is 0 Å². The first-order valence-corrected chi connectivity index (χ1v) is 7.29. The van der Waals surface area contributed by atoms with Gasteiger partial charge in [0.1, 0.15) is 0 Å². The van der Waals surface area contributed by atoms with Crippen LogP contribution in [0.15, 0.2) is 18.2 Å². The molecule has 1 aliphatic heterocycles. The van der Waals surface area contributed by atoms with E-state index in [9.17, 15) is 0 Å². The third-order valence-corrected chi connectivity index (χ3v) is 5.06. The molecule has 1 saturated heterocycles. The standard InChI is InChI=1S/C15H21Cl2N/c1-14(2,3)15(8-5-9-18-15)10-11-6-4-7-12(16)13(11)17/h4,6-7,18H,5,8-10H2,1-3H3. The van der Waals surface area contributed by atoms with Crippen LogP contribution in [0.1, 0.15) is 39.2 Å². The van der Waals surface area contributed by atoms with E-state index in [1.807, 2.05) is 12.1 Å². The van der Waals surface area contributed by atoms with E-state index >= 15 is 0 Å². The molecule has 1 unspecified atom stereocenters. The first-order chi connectivity index (χ1) is 8.36. The Bertz CT molecular complexity index is 429. The molecular formula is C15H21Cl2N. The van der Waals surface area contributed by atoms with Crippen molar-refractivity contribution in [1.29, 1.82) is 0 Å². The van der Waals surface area contributed by atoms with Crippen molar-refractivity contribution in [3.63, 3.8) is 0 Å². The van der Waals surface area contributed by atoms with Crippen LogP contribution in [0.2, 0.25) is 10.0 Å². The van der Waals surface area contributed by atoms with Gasteiger partial charge in [0.05, 0.1) is 10.0 Å². The Hall–Kier alpha value is -0.240. The van der Waals surface area contributed by atoms with Crippen molar-refractivity contribution in [2.75, 3.05) is 6.54 Å². The minimum atomic E-state index is 0.126. The summed E-state index contributed by atoms with van der Waals surface area (Å²) in [7, 11) is 0. The molecule has 1 atom stereocenters. The lowest BCUT2D eigenvalue weighted by molar-refractivity contribution is 0.159. The molecule has 3 heteroatoms. The van der Waals surface area contributed by atoms with Crippen LogP contribution in [-0.4, -0.2) is 12.1 Å². The van der Waals surface area contributed by atoms with Gasteiger partial charge in [-0.1, -0.05) is 56.1 Å². The van der Waals surface area contributed by atoms with Crippen LogP contribution in [0.3, 0.4) is 0 Å². The predicted molar refractivity (Wildman–Crippen MR) is 79.6 cm³/mol. The van der Waals surface area contributed by atoms with Crippen molar-refractivity contribution in [2.24, 2.45) is 5.41 Å². The molecule has 1 aromatic rings. The monoisotopic (exact) mass is 285 g/mol. The number of benzene rings is 1. The van der Waals surface area contributed by atoms with Crippen LogP contribution in [0.25, 0.3) is 0 Å². The lowest BCUT2D eigenvalue weighted by atomic mass is 9.69. The summed E-state index contributed by atoms with van der Waals surface area (Å²) < 4.78 is 0. The zero-order chi connectivity index (χ0) is 13.4. The van der Waals surface area contributed by atoms with E-state index in [1.165, 1.54) is 12.8 Å². The maximum absolute atomic E-state index is 6.32. The molecule has 1 N–H and O–H groups in total. The zero-order valence-electron chi connectivity index (χ0n) is 11.3. The van der Waals surface area contributed by atoms with E-state index < -0.39 is 0 Å². The van der Waals surface area contributed by atoms with Crippen LogP contribution in [0.5, 0.6) is 0 Å². The molecule has 0 spiro atoms. The molecule has 1 fully saturated rings. The second-order valence-electron chi connectivity index (χ2n) is 6.25. The van der Waals surface area contributed by atoms with Gasteiger partial charge in [0.2, 0.25) is 0 Å². The quantitative estimate of drug-likeness (QED) is 0.830. The van der Waals surface area contributed by atoms with Gasteiger partial charge < -0.3 is 5.32 Å². The van der Waals surface area contributed by atoms with Crippen molar-refractivity contribution in [2.45, 2.75) is 45.6 Å². The molecule has 0 aliphatic carbocycles. The van der Waals surface area contributed by atoms with Gasteiger partial charge in [-0.25, -0.2) is 0 Å². The lowest BCUT2D eigenvalue weighted by Crippen LogP contribution is -2.52. The predicted octanol–water partition coefficient (Wildman–Crippen LogP) is 4.70. The van der Waals surface area contributed by atoms with Crippen LogP contribution in [-0.2, 0) is 6.42 Å². The molecule has 0 radical (unpaired) electrons. The van der Waals surface area contributed by atoms with E-state index in [0.717, 1.165) is 18.5 Å². The Kier molecular flexibility index (Phi) is 3.96. The Morgan fingerprint density at radius 3 is 2.56 bits per heavy atom. The molecule has 1 nitrogen and oxygen atoms in total. The summed E-state index contributed by atoms with van der Waals surface area (Å²) in [6.07, 6.45) is 3.37. The highest BCUT2D eigenvalue weighted by Crippen LogP contribution is 2.41. The van der Waals surface area contributed by atoms with Gasteiger partial charge in [0.25, 0.3) is 0 Å². The van der Waals surface area contributed by atoms with Gasteiger partial charge in [-0.15, -0.1) is 0 Å². The average Bonchev–Trinajstić information content (AvgIpc) is 2.74. The first kappa shape index (κ1) is 14.2. The van der Waals surface area contributed by atoms with Crippen molar-refractivity contribution in [1.82, 2.24) is 5.32 Å². The lowest BCUT2D eigenvalue weighted by Gasteiger charge is -2.43. The smallest absolute Gasteiger partial charge is 0.0624 e. The number of hydrogen-bond acceptors (Lipinski definition) is 1. The van der Waals surface area contributed by atoms with Crippen LogP contribution in [0, 0.1) is 5.41 Å². The minimum absolute atomic E-state index is 0.126. The fourth-order valence-corrected chi connectivity index (χ4v) is 3.26. The van der Waals surface area contributed by atoms with Gasteiger partial charge >= 0.3 is 0 Å². The SMILES string of the molecule is CC(C)(C)C1(Cc2cccc(Cl)c2Cl)CCCN1. The molecular weight excluding hydrogens is 265 g/mol. The fourth-order valence-electron chi connectivity index (χ4n) is 2.87. The van der Waals surface area contributed by atoms with E-state index in [0.29, 0.717) is 10.0 Å². The maximum atomic E-state index is 6.32. The summed E-state index contributed by atoms with van der Waals surface area (Å²) in [5, 5.41) is 5.06. The van der Waals surface area contributed by atoms with Crippen LogP contribution >= 0.6 is 23.2 Å². The molecule has 0 aromatic heterocycles. The summed E-state index contributed by atoms with van der Waals surface area (Å²) in [4.78, 5) is 0. The van der Waals surface area contributed by atoms with Crippen molar-refractivity contribution in [3.8, 4) is 0 Å². The zero-order valence-corrected chi connectivity index (χ0v) is 12.8. The highest BCUT2D eigenvalue weighted by molar-refractivity contribution is 6.42. The third kappa shape index (κ3) is 2.54. The molecule has 18 heavy (non-hydrogen) atoms. The number of halogens is 2. The largest absolute Gasteiger partial charge is 0.310 e. The molecule has 0 amide bonds. The Morgan fingerprint density at radius 2 is 2.00 bits per heavy atom. The molecule has 100 valence electrons. The third-order valence-electron chi connectivity index (χ3n) is 4.20. The van der Waals surface area contributed by atoms with Crippen molar-refractivity contribution >= 4 is 23.2 Å². The topological polar surface area (TPSA) is 12.0 Å². The van der Waals surface area contributed by atoms with Gasteiger partial charge in [0, 0.05) is 5.54 Å². The minimum Gasteiger partial charge on any atom is -0.310 e. The summed E-state index contributed by atoms with van der Waals surface area (Å²) in [5.74, 6) is 0. The first-order valence-electron chi connectivity index (χ1n) is 6.54. The van der Waals surface area contributed by atoms with E-state index in [2.05, 4.69) is 32.2 Å². The second kappa shape index (κ2) is 5.03. The van der Waals surface area contributed by atoms with E-state index in [1.54, 1.807) is 0 Å². The number of hydrogen-bond donors (Lipinski definition) is 1. The average molecular weight is 286 g/mol. The summed E-state index contributed by atoms with van der Waals surface area (Å²) in [5.41, 5.74) is 1.48. The van der Waals surface area contributed by atoms with Crippen molar-refractivity contribution in [3.05, 3.63) is 33.8 Å². The van der Waals surface area contributed by atoms with Crippen molar-refractivity contribution < 1.29 is 0 Å². The van der Waals surface area contributed by atoms with E-state index in [4.69, 9.17) is 23.2 Å². The highest BCUT2D eigenvalue weighted by Gasteiger charge is 2.43. The summed E-state index contributed by atoms with van der Waals surface area (Å²) >= 11 is 12.4. The van der Waals surface area contributed by atoms with E-state index in [-0.39, 0.29) is 11.0 Å². The molecule has 0 saturated carbocycles. The molecule has 2 rings (SSSR count). The van der Waals surface area contributed by atoms with Gasteiger partial charge in [-0.3, -0.25) is 0 Å². The van der Waals surface area contributed by atoms with Gasteiger partial charge in [-0.2, -0.15) is 0 Å². The summed E-state index contributed by atoms with van der Waals surface area (Å²) in [6, 6.07) is 5.91. The molecule has 1 heterocycles. The highest BCUT2D eigenvalue weighted by atomic mass is 35.5. The number of rotatable bonds is 2. The Morgan fingerprint density at radius 1 is 1.28 bits per heavy atom. The summed E-state index contributed by atoms with van der Waals surface area (Å²) in [6.45, 7) is 7.98. The molecule has 1 aliphatic rings. The Balaban J connectivity index is 2.33. The maximum Gasteiger partial charge on any atom is 0.0624 e. The number of nitrogens with one attached hydrogen (secondary N) is 1. The molecule has 1 aromatic carbocycles. The van der Waals surface area contributed by atoms with Crippen LogP contribution < -0.4 is 5.32 Å². The fraction of sp³-hybridized carbons (Fsp3) is 0.600. The second-order valence-corrected chi connectivity index (χ2v) is 7.04. The normalized spacial score (nSPS) is 24.5.